The average Bonchev–Trinajstić information content (AvgIpc) is 0.769. The van der Waals surface area contributed by atoms with Crippen LogP contribution in [0.5, 0.6) is 0 Å². The Balaban J connectivity index is 0.975. The molecule has 0 amide bonds. The fraction of sp³-hybridized carbons (Fsp3) is 0.0909. The average molecular weight is 1350 g/mol. The number of aromatic nitrogens is 1. The first kappa shape index (κ1) is 64.1. The van der Waals surface area contributed by atoms with E-state index in [1.807, 2.05) is 0 Å². The van der Waals surface area contributed by atoms with Crippen molar-refractivity contribution in [1.29, 1.82) is 0 Å². The van der Waals surface area contributed by atoms with Gasteiger partial charge in [0, 0.05) is 50.5 Å². The summed E-state index contributed by atoms with van der Waals surface area (Å²) < 4.78 is 2.54. The van der Waals surface area contributed by atoms with Crippen LogP contribution in [0.2, 0.25) is 0 Å². The Bertz CT molecular complexity index is 5730. The first-order valence-electron chi connectivity index (χ1n) is 36.7. The van der Waals surface area contributed by atoms with E-state index in [0.29, 0.717) is 0 Å². The van der Waals surface area contributed by atoms with Crippen LogP contribution in [-0.2, 0) is 16.2 Å². The van der Waals surface area contributed by atoms with Crippen molar-refractivity contribution in [2.24, 2.45) is 0 Å². The molecule has 18 rings (SSSR count). The lowest BCUT2D eigenvalue weighted by atomic mass is 9.33. The topological polar surface area (TPSA) is 11.4 Å². The standard InChI is InChI=1S/C99H80BN3Si/c1-97(2,3)72-55-57-76(58-56-72)99(74-36-17-9-18-37-74,75-38-19-10-20-39-75)77-40-29-41-78(65-77)103-94-68-80(102-90-52-27-25-48-86(90)87-49-26-28-53-91(87)102)67-93-95(94)100(89-51-31-50-85(96(89)103)70-34-15-8-16-35-70)88-63-54-71(69-32-13-7-14-33-69)64-92(88)101(93)79-42-30-47-84(66-79)104(81-43-21-11-22-44-81,82-45-23-12-24-46-82)83-61-59-73(60-62-83)98(4,5)6/h7-68H,1-6H3. The molecule has 15 aromatic carbocycles. The van der Waals surface area contributed by atoms with Crippen molar-refractivity contribution in [3.05, 3.63) is 409 Å². The van der Waals surface area contributed by atoms with Gasteiger partial charge in [0.1, 0.15) is 0 Å². The summed E-state index contributed by atoms with van der Waals surface area (Å²) in [7, 11) is -3.15. The van der Waals surface area contributed by atoms with E-state index in [1.54, 1.807) is 0 Å². The molecular formula is C99H80BN3Si. The minimum absolute atomic E-state index is 0.0248. The second kappa shape index (κ2) is 25.5. The normalized spacial score (nSPS) is 12.8. The van der Waals surface area contributed by atoms with Crippen LogP contribution in [0.4, 0.5) is 34.1 Å². The number of rotatable bonds is 13. The molecule has 2 aliphatic heterocycles. The summed E-state index contributed by atoms with van der Waals surface area (Å²) in [5.74, 6) is 0. The third-order valence-electron chi connectivity index (χ3n) is 22.4. The molecule has 0 bridgehead atoms. The van der Waals surface area contributed by atoms with Gasteiger partial charge >= 0.3 is 0 Å². The van der Waals surface area contributed by atoms with Gasteiger partial charge in [-0.25, -0.2) is 0 Å². The van der Waals surface area contributed by atoms with Gasteiger partial charge in [-0.3, -0.25) is 0 Å². The van der Waals surface area contributed by atoms with E-state index in [4.69, 9.17) is 0 Å². The number of para-hydroxylation sites is 3. The Hall–Kier alpha value is -12.0. The van der Waals surface area contributed by atoms with Gasteiger partial charge in [-0.05, 0) is 153 Å². The van der Waals surface area contributed by atoms with Crippen molar-refractivity contribution in [3.8, 4) is 27.9 Å². The van der Waals surface area contributed by atoms with Gasteiger partial charge in [-0.2, -0.15) is 0 Å². The van der Waals surface area contributed by atoms with Crippen molar-refractivity contribution in [2.75, 3.05) is 9.80 Å². The molecule has 1 aromatic heterocycles. The van der Waals surface area contributed by atoms with E-state index in [2.05, 4.69) is 432 Å². The highest BCUT2D eigenvalue weighted by Gasteiger charge is 2.48. The minimum Gasteiger partial charge on any atom is -0.311 e. The molecule has 16 aromatic rings. The predicted molar refractivity (Wildman–Crippen MR) is 445 cm³/mol. The third-order valence-corrected chi connectivity index (χ3v) is 27.2. The number of nitrogens with zero attached hydrogens (tertiary/aromatic N) is 3. The summed E-state index contributed by atoms with van der Waals surface area (Å²) in [6.45, 7) is 13.7. The van der Waals surface area contributed by atoms with Crippen molar-refractivity contribution in [3.63, 3.8) is 0 Å². The van der Waals surface area contributed by atoms with Crippen molar-refractivity contribution in [2.45, 2.75) is 57.8 Å². The Kier molecular flexibility index (Phi) is 15.7. The van der Waals surface area contributed by atoms with Crippen LogP contribution in [0.3, 0.4) is 0 Å². The predicted octanol–water partition coefficient (Wildman–Crippen LogP) is 20.6. The van der Waals surface area contributed by atoms with Crippen LogP contribution in [0.1, 0.15) is 74.9 Å². The van der Waals surface area contributed by atoms with Gasteiger partial charge in [0.25, 0.3) is 6.71 Å². The molecule has 498 valence electrons. The molecule has 0 fully saturated rings. The van der Waals surface area contributed by atoms with E-state index >= 15 is 0 Å². The zero-order valence-corrected chi connectivity index (χ0v) is 60.7. The maximum atomic E-state index is 2.67. The molecule has 0 atom stereocenters. The molecule has 0 unspecified atom stereocenters. The maximum absolute atomic E-state index is 3.15. The molecule has 2 aliphatic rings. The van der Waals surface area contributed by atoms with E-state index in [9.17, 15) is 0 Å². The number of anilines is 6. The summed E-state index contributed by atoms with van der Waals surface area (Å²) in [5, 5.41) is 7.72. The number of hydrogen-bond donors (Lipinski definition) is 0. The van der Waals surface area contributed by atoms with Crippen LogP contribution in [0, 0.1) is 0 Å². The molecule has 0 saturated heterocycles. The smallest absolute Gasteiger partial charge is 0.252 e. The minimum atomic E-state index is -3.15. The lowest BCUT2D eigenvalue weighted by Crippen LogP contribution is -2.74. The van der Waals surface area contributed by atoms with Crippen LogP contribution in [0.25, 0.3) is 49.7 Å². The van der Waals surface area contributed by atoms with Crippen LogP contribution >= 0.6 is 0 Å². The lowest BCUT2D eigenvalue weighted by Gasteiger charge is -2.45. The fourth-order valence-corrected chi connectivity index (χ4v) is 22.3. The summed E-state index contributed by atoms with van der Waals surface area (Å²) >= 11 is 0. The number of hydrogen-bond acceptors (Lipinski definition) is 2. The quantitative estimate of drug-likeness (QED) is 0.0842. The molecule has 0 saturated carbocycles. The van der Waals surface area contributed by atoms with E-state index in [-0.39, 0.29) is 17.5 Å². The summed E-state index contributed by atoms with van der Waals surface area (Å²) in [5.41, 5.74) is 25.0. The SMILES string of the molecule is CC(C)(C)c1ccc(C(c2ccccc2)(c2ccccc2)c2cccc(N3c4cc(-n5c6ccccc6c6ccccc65)cc5c4B(c4ccc(-c6ccccc6)cc4N5c4cccc([Si](c5ccccc5)(c5ccccc5)c5ccc(C(C)(C)C)cc5)c4)c4cccc(-c5ccccc5)c43)c2)cc1. The van der Waals surface area contributed by atoms with Crippen LogP contribution in [0.15, 0.2) is 376 Å². The Labute approximate surface area is 613 Å². The van der Waals surface area contributed by atoms with Gasteiger partial charge in [0.2, 0.25) is 0 Å². The van der Waals surface area contributed by atoms with Crippen molar-refractivity contribution < 1.29 is 0 Å². The first-order chi connectivity index (χ1) is 50.9. The highest BCUT2D eigenvalue weighted by atomic mass is 28.3. The number of benzene rings is 15. The molecule has 3 heterocycles. The molecular weight excluding hydrogens is 1270 g/mol. The Morgan fingerprint density at radius 3 is 1.27 bits per heavy atom. The highest BCUT2D eigenvalue weighted by molar-refractivity contribution is 7.20. The third kappa shape index (κ3) is 10.5. The van der Waals surface area contributed by atoms with Gasteiger partial charge in [0.15, 0.2) is 8.07 Å². The fourth-order valence-electron chi connectivity index (χ4n) is 17.5. The Morgan fingerprint density at radius 2 is 0.702 bits per heavy atom. The monoisotopic (exact) mass is 1350 g/mol. The summed E-state index contributed by atoms with van der Waals surface area (Å²) in [4.78, 5) is 5.33. The van der Waals surface area contributed by atoms with E-state index in [0.717, 1.165) is 67.5 Å². The zero-order chi connectivity index (χ0) is 70.3. The largest absolute Gasteiger partial charge is 0.311 e. The van der Waals surface area contributed by atoms with E-state index in [1.165, 1.54) is 86.9 Å². The second-order valence-corrected chi connectivity index (χ2v) is 34.1. The highest BCUT2D eigenvalue weighted by Crippen LogP contribution is 2.52. The maximum Gasteiger partial charge on any atom is 0.252 e. The van der Waals surface area contributed by atoms with Crippen LogP contribution in [-0.4, -0.2) is 19.4 Å². The second-order valence-electron chi connectivity index (χ2n) is 30.3. The summed E-state index contributed by atoms with van der Waals surface area (Å²) in [6.07, 6.45) is 0. The van der Waals surface area contributed by atoms with Gasteiger partial charge < -0.3 is 14.4 Å². The molecule has 0 aliphatic carbocycles. The molecule has 104 heavy (non-hydrogen) atoms. The van der Waals surface area contributed by atoms with Crippen molar-refractivity contribution in [1.82, 2.24) is 4.57 Å². The lowest BCUT2D eigenvalue weighted by molar-refractivity contribution is 0.589. The van der Waals surface area contributed by atoms with E-state index < -0.39 is 13.5 Å². The van der Waals surface area contributed by atoms with Crippen molar-refractivity contribution >= 4 is 108 Å². The van der Waals surface area contributed by atoms with Gasteiger partial charge in [-0.1, -0.05) is 363 Å². The zero-order valence-electron chi connectivity index (χ0n) is 59.7. The first-order valence-corrected chi connectivity index (χ1v) is 38.7. The summed E-state index contributed by atoms with van der Waals surface area (Å²) in [6, 6.07) is 143. The molecule has 0 spiro atoms. The molecule has 3 nitrogen and oxygen atoms in total. The number of fused-ring (bicyclic) bond motifs is 7. The van der Waals surface area contributed by atoms with Gasteiger partial charge in [-0.15, -0.1) is 0 Å². The van der Waals surface area contributed by atoms with Gasteiger partial charge in [0.05, 0.1) is 22.1 Å². The Morgan fingerprint density at radius 1 is 0.269 bits per heavy atom. The molecule has 0 N–H and O–H groups in total. The molecule has 5 heteroatoms. The van der Waals surface area contributed by atoms with Crippen LogP contribution < -0.4 is 46.9 Å². The molecule has 0 radical (unpaired) electrons.